The molecule has 0 radical (unpaired) electrons. The molecular weight excluding hydrogens is 192 g/mol. The minimum Gasteiger partial charge on any atom is -0.480 e. The molecule has 0 aromatic carbocycles. The molecule has 1 aliphatic heterocycles. The molecule has 1 saturated heterocycles. The smallest absolute Gasteiger partial charge is 0.323 e. The lowest BCUT2D eigenvalue weighted by Crippen LogP contribution is -2.56. The van der Waals surface area contributed by atoms with E-state index in [0.29, 0.717) is 6.04 Å². The van der Waals surface area contributed by atoms with Crippen LogP contribution in [-0.2, 0) is 4.79 Å². The maximum atomic E-state index is 11.1. The van der Waals surface area contributed by atoms with E-state index < -0.39 is 11.5 Å². The predicted octanol–water partition coefficient (Wildman–Crippen LogP) is 0.876. The number of carboxylic acid groups (broad SMARTS) is 1. The predicted molar refractivity (Wildman–Crippen MR) is 60.0 cm³/mol. The molecule has 0 aliphatic carbocycles. The van der Waals surface area contributed by atoms with Gasteiger partial charge < -0.3 is 10.0 Å². The Morgan fingerprint density at radius 1 is 1.53 bits per heavy atom. The van der Waals surface area contributed by atoms with E-state index >= 15 is 0 Å². The molecule has 0 saturated carbocycles. The lowest BCUT2D eigenvalue weighted by molar-refractivity contribution is -0.150. The van der Waals surface area contributed by atoms with E-state index in [1.807, 2.05) is 11.9 Å². The van der Waals surface area contributed by atoms with E-state index in [2.05, 4.69) is 11.9 Å². The number of carbonyl (C=O) groups is 1. The monoisotopic (exact) mass is 214 g/mol. The van der Waals surface area contributed by atoms with Crippen molar-refractivity contribution < 1.29 is 9.90 Å². The topological polar surface area (TPSA) is 43.8 Å². The molecule has 1 rings (SSSR count). The van der Waals surface area contributed by atoms with Gasteiger partial charge in [0, 0.05) is 12.6 Å². The van der Waals surface area contributed by atoms with Gasteiger partial charge in [-0.25, -0.2) is 0 Å². The number of likely N-dealkylation sites (tertiary alicyclic amines) is 1. The Kier molecular flexibility index (Phi) is 3.73. The number of carboxylic acids is 1. The van der Waals surface area contributed by atoms with Gasteiger partial charge >= 0.3 is 5.97 Å². The van der Waals surface area contributed by atoms with E-state index in [1.54, 1.807) is 13.8 Å². The molecule has 1 fully saturated rings. The zero-order valence-corrected chi connectivity index (χ0v) is 10.2. The van der Waals surface area contributed by atoms with Crippen LogP contribution >= 0.6 is 0 Å². The minimum atomic E-state index is -0.775. The average molecular weight is 214 g/mol. The van der Waals surface area contributed by atoms with Crippen molar-refractivity contribution in [3.05, 3.63) is 0 Å². The summed E-state index contributed by atoms with van der Waals surface area (Å²) in [6.07, 6.45) is 2.25. The van der Waals surface area contributed by atoms with Crippen LogP contribution in [0.2, 0.25) is 0 Å². The van der Waals surface area contributed by atoms with Crippen LogP contribution < -0.4 is 0 Å². The summed E-state index contributed by atoms with van der Waals surface area (Å²) in [7, 11) is 4.01. The Hall–Kier alpha value is -0.610. The third-order valence-electron chi connectivity index (χ3n) is 3.55. The maximum Gasteiger partial charge on any atom is 0.323 e. The Morgan fingerprint density at radius 3 is 2.60 bits per heavy atom. The summed E-state index contributed by atoms with van der Waals surface area (Å²) in [5.41, 5.74) is -0.775. The highest BCUT2D eigenvalue weighted by Crippen LogP contribution is 2.21. The highest BCUT2D eigenvalue weighted by atomic mass is 16.4. The van der Waals surface area contributed by atoms with Crippen LogP contribution in [0.3, 0.4) is 0 Å². The lowest BCUT2D eigenvalue weighted by Gasteiger charge is -2.42. The molecule has 0 aromatic rings. The summed E-state index contributed by atoms with van der Waals surface area (Å²) in [5, 5.41) is 9.15. The van der Waals surface area contributed by atoms with Crippen molar-refractivity contribution in [3.63, 3.8) is 0 Å². The number of piperidine rings is 1. The second-order valence-corrected chi connectivity index (χ2v) is 5.03. The summed E-state index contributed by atoms with van der Waals surface area (Å²) in [4.78, 5) is 15.4. The van der Waals surface area contributed by atoms with Crippen LogP contribution in [0.4, 0.5) is 0 Å². The van der Waals surface area contributed by atoms with Crippen LogP contribution in [0.5, 0.6) is 0 Å². The second kappa shape index (κ2) is 4.49. The number of nitrogens with zero attached hydrogens (tertiary/aromatic N) is 2. The van der Waals surface area contributed by atoms with Gasteiger partial charge in [-0.05, 0) is 47.3 Å². The number of rotatable bonds is 3. The number of aliphatic carboxylic acids is 1. The van der Waals surface area contributed by atoms with E-state index in [9.17, 15) is 4.79 Å². The summed E-state index contributed by atoms with van der Waals surface area (Å²) >= 11 is 0. The van der Waals surface area contributed by atoms with Crippen molar-refractivity contribution in [2.75, 3.05) is 27.2 Å². The SMILES string of the molecule is CN1CCCC(N(C)C(C)(C)C(=O)O)C1. The number of hydrogen-bond acceptors (Lipinski definition) is 3. The van der Waals surface area contributed by atoms with Crippen molar-refractivity contribution in [1.82, 2.24) is 9.80 Å². The molecule has 4 nitrogen and oxygen atoms in total. The fourth-order valence-electron chi connectivity index (χ4n) is 2.06. The van der Waals surface area contributed by atoms with Crippen molar-refractivity contribution in [3.8, 4) is 0 Å². The Bertz CT molecular complexity index is 241. The van der Waals surface area contributed by atoms with E-state index in [1.165, 1.54) is 0 Å². The Balaban J connectivity index is 2.66. The minimum absolute atomic E-state index is 0.356. The van der Waals surface area contributed by atoms with Crippen molar-refractivity contribution in [1.29, 1.82) is 0 Å². The van der Waals surface area contributed by atoms with Crippen molar-refractivity contribution >= 4 is 5.97 Å². The lowest BCUT2D eigenvalue weighted by atomic mass is 9.97. The largest absolute Gasteiger partial charge is 0.480 e. The Labute approximate surface area is 91.9 Å². The van der Waals surface area contributed by atoms with Gasteiger partial charge in [0.25, 0.3) is 0 Å². The molecule has 1 heterocycles. The van der Waals surface area contributed by atoms with Gasteiger partial charge in [0.15, 0.2) is 0 Å². The first-order valence-corrected chi connectivity index (χ1v) is 5.50. The van der Waals surface area contributed by atoms with Gasteiger partial charge in [-0.1, -0.05) is 0 Å². The summed E-state index contributed by atoms with van der Waals surface area (Å²) in [6.45, 7) is 5.62. The molecule has 0 amide bonds. The first-order valence-electron chi connectivity index (χ1n) is 5.50. The second-order valence-electron chi connectivity index (χ2n) is 5.03. The molecule has 1 atom stereocenters. The third kappa shape index (κ3) is 2.69. The highest BCUT2D eigenvalue weighted by molar-refractivity contribution is 5.77. The van der Waals surface area contributed by atoms with E-state index in [-0.39, 0.29) is 0 Å². The molecule has 0 spiro atoms. The quantitative estimate of drug-likeness (QED) is 0.757. The van der Waals surface area contributed by atoms with Gasteiger partial charge in [-0.15, -0.1) is 0 Å². The molecule has 88 valence electrons. The summed E-state index contributed by atoms with van der Waals surface area (Å²) < 4.78 is 0. The fraction of sp³-hybridized carbons (Fsp3) is 0.909. The van der Waals surface area contributed by atoms with Crippen molar-refractivity contribution in [2.24, 2.45) is 0 Å². The first kappa shape index (κ1) is 12.5. The standard InChI is InChI=1S/C11H22N2O2/c1-11(2,10(14)15)13(4)9-6-5-7-12(3)8-9/h9H,5-8H2,1-4H3,(H,14,15). The first-order chi connectivity index (χ1) is 6.85. The fourth-order valence-corrected chi connectivity index (χ4v) is 2.06. The maximum absolute atomic E-state index is 11.1. The van der Waals surface area contributed by atoms with Crippen LogP contribution in [0.15, 0.2) is 0 Å². The molecule has 0 aromatic heterocycles. The van der Waals surface area contributed by atoms with Crippen LogP contribution in [0.1, 0.15) is 26.7 Å². The van der Waals surface area contributed by atoms with E-state index in [4.69, 9.17) is 5.11 Å². The number of hydrogen-bond donors (Lipinski definition) is 1. The van der Waals surface area contributed by atoms with E-state index in [0.717, 1.165) is 25.9 Å². The molecule has 1 aliphatic rings. The van der Waals surface area contributed by atoms with Gasteiger partial charge in [-0.2, -0.15) is 0 Å². The zero-order valence-electron chi connectivity index (χ0n) is 10.2. The highest BCUT2D eigenvalue weighted by Gasteiger charge is 2.37. The molecule has 1 N–H and O–H groups in total. The third-order valence-corrected chi connectivity index (χ3v) is 3.55. The average Bonchev–Trinajstić information content (AvgIpc) is 2.16. The summed E-state index contributed by atoms with van der Waals surface area (Å²) in [6, 6.07) is 0.356. The van der Waals surface area contributed by atoms with Crippen LogP contribution in [-0.4, -0.2) is 59.6 Å². The molecule has 1 unspecified atom stereocenters. The molecule has 4 heteroatoms. The van der Waals surface area contributed by atoms with Gasteiger partial charge in [0.05, 0.1) is 0 Å². The van der Waals surface area contributed by atoms with Crippen LogP contribution in [0, 0.1) is 0 Å². The molecule has 15 heavy (non-hydrogen) atoms. The normalized spacial score (nSPS) is 24.5. The zero-order chi connectivity index (χ0) is 11.6. The summed E-state index contributed by atoms with van der Waals surface area (Å²) in [5.74, 6) is -0.752. The Morgan fingerprint density at radius 2 is 2.13 bits per heavy atom. The molecular formula is C11H22N2O2. The number of likely N-dealkylation sites (N-methyl/N-ethyl adjacent to an activating group) is 2. The van der Waals surface area contributed by atoms with Gasteiger partial charge in [-0.3, -0.25) is 9.69 Å². The van der Waals surface area contributed by atoms with Crippen molar-refractivity contribution in [2.45, 2.75) is 38.3 Å². The van der Waals surface area contributed by atoms with Crippen LogP contribution in [0.25, 0.3) is 0 Å². The molecule has 0 bridgehead atoms. The van der Waals surface area contributed by atoms with Gasteiger partial charge in [0.2, 0.25) is 0 Å². The van der Waals surface area contributed by atoms with Gasteiger partial charge in [0.1, 0.15) is 5.54 Å².